The third kappa shape index (κ3) is 6.34. The Morgan fingerprint density at radius 1 is 0.932 bits per heavy atom. The summed E-state index contributed by atoms with van der Waals surface area (Å²) in [6, 6.07) is 10.2. The van der Waals surface area contributed by atoms with E-state index in [2.05, 4.69) is 86.8 Å². The van der Waals surface area contributed by atoms with E-state index in [9.17, 15) is 9.59 Å². The van der Waals surface area contributed by atoms with Gasteiger partial charge in [0.25, 0.3) is 0 Å². The number of carbonyl (C=O) groups excluding carboxylic acids is 2. The fraction of sp³-hybridized carbons (Fsp3) is 0.697. The topological polar surface area (TPSA) is 89.5 Å². The standard InChI is InChI=1S/C33H52O8SeSi2/c1-22-20-32(26(36-8)25(27(34)39-32)40-43(9,10)30(2,3)4)24(28-37-18-19-38-28)21-33(22,42-23-16-14-13-15-17-23)29(35)41-44(11,12)31(5,6)7/h13-17,22,24,28H,18-21H2,1-12H3/t22-,24+,32+,33?/m1/s1. The molecule has 3 aliphatic rings. The van der Waals surface area contributed by atoms with Crippen LogP contribution in [0.4, 0.5) is 0 Å². The summed E-state index contributed by atoms with van der Waals surface area (Å²) in [5.41, 5.74) is -1.20. The van der Waals surface area contributed by atoms with Crippen molar-refractivity contribution < 1.29 is 37.4 Å². The molecule has 0 N–H and O–H groups in total. The number of hydrogen-bond acceptors (Lipinski definition) is 8. The first kappa shape index (κ1) is 35.2. The number of ether oxygens (including phenoxy) is 4. The van der Waals surface area contributed by atoms with E-state index in [-0.39, 0.29) is 42.7 Å². The molecule has 1 aromatic rings. The van der Waals surface area contributed by atoms with E-state index in [0.717, 1.165) is 4.46 Å². The second-order valence-electron chi connectivity index (χ2n) is 15.5. The fourth-order valence-corrected chi connectivity index (χ4v) is 10.7. The SMILES string of the molecule is COC1=C(O[Si](C)(C)C(C)(C)C)C(=O)O[C@]12C[C@@H](C)C([Se]c1ccccc1)(C(=O)O[Si](C)(C)C(C)(C)C)C[C@H]2C1OCCO1. The number of carbonyl (C=O) groups is 2. The molecule has 1 spiro atoms. The van der Waals surface area contributed by atoms with Crippen LogP contribution in [-0.2, 0) is 37.4 Å². The van der Waals surface area contributed by atoms with Crippen molar-refractivity contribution in [2.75, 3.05) is 20.3 Å². The second kappa shape index (κ2) is 12.2. The van der Waals surface area contributed by atoms with Gasteiger partial charge in [-0.15, -0.1) is 0 Å². The molecule has 8 nitrogen and oxygen atoms in total. The Kier molecular flexibility index (Phi) is 9.76. The van der Waals surface area contributed by atoms with E-state index in [4.69, 9.17) is 27.8 Å². The summed E-state index contributed by atoms with van der Waals surface area (Å²) < 4.78 is 38.2. The maximum atomic E-state index is 14.7. The van der Waals surface area contributed by atoms with E-state index in [0.29, 0.717) is 31.8 Å². The van der Waals surface area contributed by atoms with Gasteiger partial charge in [-0.3, -0.25) is 0 Å². The Labute approximate surface area is 272 Å². The molecule has 0 amide bonds. The van der Waals surface area contributed by atoms with Crippen molar-refractivity contribution in [3.8, 4) is 0 Å². The fourth-order valence-electron chi connectivity index (χ4n) is 5.71. The van der Waals surface area contributed by atoms with Gasteiger partial charge in [-0.05, 0) is 0 Å². The first-order valence-electron chi connectivity index (χ1n) is 15.6. The van der Waals surface area contributed by atoms with Crippen LogP contribution in [0.2, 0.25) is 40.6 Å². The molecular weight excluding hydrogens is 659 g/mol. The third-order valence-corrected chi connectivity index (χ3v) is 22.5. The molecule has 1 aromatic carbocycles. The van der Waals surface area contributed by atoms with Gasteiger partial charge in [-0.2, -0.15) is 0 Å². The Morgan fingerprint density at radius 3 is 2.02 bits per heavy atom. The molecule has 0 aromatic heterocycles. The molecule has 11 heteroatoms. The zero-order valence-electron chi connectivity index (χ0n) is 28.6. The number of benzene rings is 1. The summed E-state index contributed by atoms with van der Waals surface area (Å²) in [6.45, 7) is 24.1. The summed E-state index contributed by atoms with van der Waals surface area (Å²) >= 11 is -0.300. The van der Waals surface area contributed by atoms with Gasteiger partial charge in [0, 0.05) is 0 Å². The van der Waals surface area contributed by atoms with E-state index < -0.39 is 44.7 Å². The molecule has 0 bridgehead atoms. The minimum atomic E-state index is -2.46. The van der Waals surface area contributed by atoms with E-state index in [1.54, 1.807) is 7.11 Å². The van der Waals surface area contributed by atoms with Crippen LogP contribution >= 0.6 is 0 Å². The number of esters is 1. The summed E-state index contributed by atoms with van der Waals surface area (Å²) in [7, 11) is -3.33. The monoisotopic (exact) mass is 712 g/mol. The number of rotatable bonds is 8. The Bertz CT molecular complexity index is 1260. The molecule has 1 aliphatic carbocycles. The van der Waals surface area contributed by atoms with Crippen LogP contribution in [0.15, 0.2) is 41.9 Å². The van der Waals surface area contributed by atoms with Gasteiger partial charge in [0.05, 0.1) is 0 Å². The molecule has 2 fully saturated rings. The Balaban J connectivity index is 1.86. The first-order valence-corrected chi connectivity index (χ1v) is 23.2. The van der Waals surface area contributed by atoms with Crippen LogP contribution in [-0.4, -0.2) is 75.7 Å². The van der Waals surface area contributed by atoms with Crippen molar-refractivity contribution in [2.24, 2.45) is 11.8 Å². The summed E-state index contributed by atoms with van der Waals surface area (Å²) in [6.07, 6.45) is 0.0232. The summed E-state index contributed by atoms with van der Waals surface area (Å²) in [5.74, 6) is -0.933. The van der Waals surface area contributed by atoms with Crippen molar-refractivity contribution in [3.05, 3.63) is 41.9 Å². The quantitative estimate of drug-likeness (QED) is 0.229. The third-order valence-electron chi connectivity index (χ3n) is 10.5. The summed E-state index contributed by atoms with van der Waals surface area (Å²) in [5, 5.41) is -0.296. The van der Waals surface area contributed by atoms with Gasteiger partial charge >= 0.3 is 273 Å². The number of methoxy groups -OCH3 is 1. The van der Waals surface area contributed by atoms with Crippen LogP contribution in [0.5, 0.6) is 0 Å². The molecule has 2 heterocycles. The van der Waals surface area contributed by atoms with Gasteiger partial charge in [0.15, 0.2) is 0 Å². The summed E-state index contributed by atoms with van der Waals surface area (Å²) in [4.78, 5) is 28.5. The van der Waals surface area contributed by atoms with Crippen LogP contribution in [0.3, 0.4) is 0 Å². The molecule has 4 rings (SSSR count). The predicted molar refractivity (Wildman–Crippen MR) is 177 cm³/mol. The van der Waals surface area contributed by atoms with Crippen LogP contribution < -0.4 is 4.46 Å². The van der Waals surface area contributed by atoms with E-state index >= 15 is 0 Å². The Hall–Kier alpha value is -1.63. The Morgan fingerprint density at radius 2 is 1.50 bits per heavy atom. The van der Waals surface area contributed by atoms with Crippen molar-refractivity contribution in [3.63, 3.8) is 0 Å². The second-order valence-corrected chi connectivity index (χ2v) is 27.9. The van der Waals surface area contributed by atoms with Gasteiger partial charge in [-0.1, -0.05) is 0 Å². The normalized spacial score (nSPS) is 28.8. The molecule has 4 atom stereocenters. The van der Waals surface area contributed by atoms with Gasteiger partial charge < -0.3 is 0 Å². The van der Waals surface area contributed by atoms with Gasteiger partial charge in [-0.25, -0.2) is 0 Å². The molecule has 1 saturated carbocycles. The number of hydrogen-bond donors (Lipinski definition) is 0. The predicted octanol–water partition coefficient (Wildman–Crippen LogP) is 6.32. The van der Waals surface area contributed by atoms with Crippen molar-refractivity contribution >= 4 is 48.0 Å². The molecule has 246 valence electrons. The first-order chi connectivity index (χ1) is 20.2. The van der Waals surface area contributed by atoms with Crippen molar-refractivity contribution in [1.29, 1.82) is 0 Å². The van der Waals surface area contributed by atoms with Crippen LogP contribution in [0.1, 0.15) is 61.3 Å². The molecule has 2 aliphatic heterocycles. The van der Waals surface area contributed by atoms with Crippen molar-refractivity contribution in [1.82, 2.24) is 0 Å². The van der Waals surface area contributed by atoms with E-state index in [1.165, 1.54) is 0 Å². The van der Waals surface area contributed by atoms with Crippen LogP contribution in [0.25, 0.3) is 0 Å². The zero-order chi connectivity index (χ0) is 32.9. The maximum absolute atomic E-state index is 14.7. The van der Waals surface area contributed by atoms with Crippen molar-refractivity contribution in [2.45, 2.75) is 114 Å². The minimum absolute atomic E-state index is 0.138. The molecule has 44 heavy (non-hydrogen) atoms. The molecule has 1 saturated heterocycles. The molecule has 0 radical (unpaired) electrons. The van der Waals surface area contributed by atoms with Gasteiger partial charge in [0.1, 0.15) is 0 Å². The molecule has 1 unspecified atom stereocenters. The van der Waals surface area contributed by atoms with E-state index in [1.807, 2.05) is 18.2 Å². The molecular formula is C33H52O8SeSi2. The van der Waals surface area contributed by atoms with Crippen LogP contribution in [0, 0.1) is 11.8 Å². The zero-order valence-corrected chi connectivity index (χ0v) is 32.3. The average Bonchev–Trinajstić information content (AvgIpc) is 3.51. The van der Waals surface area contributed by atoms with Gasteiger partial charge in [0.2, 0.25) is 0 Å². The average molecular weight is 712 g/mol.